The van der Waals surface area contributed by atoms with Gasteiger partial charge in [0.2, 0.25) is 0 Å². The summed E-state index contributed by atoms with van der Waals surface area (Å²) in [4.78, 5) is 18.7. The molecule has 1 unspecified atom stereocenters. The van der Waals surface area contributed by atoms with Gasteiger partial charge in [0.1, 0.15) is 18.8 Å². The smallest absolute Gasteiger partial charge is 0.407 e. The maximum atomic E-state index is 12.1. The first kappa shape index (κ1) is 26.3. The fraction of sp³-hybridized carbons (Fsp3) is 0.652. The Bertz CT molecular complexity index is 823. The molecule has 3 rings (SSSR count). The molecule has 1 fully saturated rings. The number of hydrogen-bond donors (Lipinski definition) is 2. The Morgan fingerprint density at radius 3 is 2.53 bits per heavy atom. The van der Waals surface area contributed by atoms with Gasteiger partial charge in [-0.2, -0.15) is 0 Å². The van der Waals surface area contributed by atoms with Crippen molar-refractivity contribution in [2.45, 2.75) is 58.1 Å². The van der Waals surface area contributed by atoms with Gasteiger partial charge in [-0.1, -0.05) is 19.9 Å². The lowest BCUT2D eigenvalue weighted by atomic mass is 9.84. The highest BCUT2D eigenvalue weighted by Crippen LogP contribution is 2.35. The molecular formula is C23H37IN4O4. The van der Waals surface area contributed by atoms with E-state index in [1.54, 1.807) is 7.05 Å². The molecule has 0 saturated carbocycles. The number of hydrogen-bond acceptors (Lipinski definition) is 5. The standard InChI is InChI=1S/C23H36N4O4.HI/c1-22(2,3)31-21(28)26-17-9-10-27(14-17)20(24-6)25-15-23(4,5)16-7-8-18-19(13-16)30-12-11-29-18;/h7-8,13,17H,9-12,14-15H2,1-6H3,(H,24,25)(H,26,28);1H. The topological polar surface area (TPSA) is 84.4 Å². The molecule has 0 aliphatic carbocycles. The quantitative estimate of drug-likeness (QED) is 0.333. The van der Waals surface area contributed by atoms with Gasteiger partial charge in [-0.05, 0) is 44.9 Å². The van der Waals surface area contributed by atoms with E-state index >= 15 is 0 Å². The maximum absolute atomic E-state index is 12.1. The first-order valence-electron chi connectivity index (χ1n) is 10.9. The van der Waals surface area contributed by atoms with Crippen molar-refractivity contribution in [3.8, 4) is 11.5 Å². The highest BCUT2D eigenvalue weighted by Gasteiger charge is 2.29. The minimum absolute atomic E-state index is 0. The molecule has 2 aliphatic rings. The molecule has 2 N–H and O–H groups in total. The van der Waals surface area contributed by atoms with Crippen LogP contribution in [0.3, 0.4) is 0 Å². The Labute approximate surface area is 208 Å². The first-order valence-corrected chi connectivity index (χ1v) is 10.9. The fourth-order valence-electron chi connectivity index (χ4n) is 3.74. The van der Waals surface area contributed by atoms with Crippen LogP contribution in [0.2, 0.25) is 0 Å². The number of likely N-dealkylation sites (tertiary alicyclic amines) is 1. The second kappa shape index (κ2) is 10.8. The number of rotatable bonds is 4. The zero-order valence-corrected chi connectivity index (χ0v) is 22.3. The highest BCUT2D eigenvalue weighted by molar-refractivity contribution is 14.0. The molecule has 2 aliphatic heterocycles. The largest absolute Gasteiger partial charge is 0.486 e. The van der Waals surface area contributed by atoms with Crippen LogP contribution in [0, 0.1) is 0 Å². The number of carbonyl (C=O) groups is 1. The summed E-state index contributed by atoms with van der Waals surface area (Å²) in [5, 5.41) is 6.46. The number of alkyl carbamates (subject to hydrolysis) is 1. The Hall–Kier alpha value is -1.91. The van der Waals surface area contributed by atoms with Gasteiger partial charge in [-0.3, -0.25) is 4.99 Å². The first-order chi connectivity index (χ1) is 14.6. The van der Waals surface area contributed by atoms with Crippen LogP contribution >= 0.6 is 24.0 Å². The number of halogens is 1. The monoisotopic (exact) mass is 560 g/mol. The molecule has 1 saturated heterocycles. The van der Waals surface area contributed by atoms with E-state index in [1.165, 1.54) is 5.56 Å². The molecule has 180 valence electrons. The lowest BCUT2D eigenvalue weighted by Gasteiger charge is -2.30. The third-order valence-electron chi connectivity index (χ3n) is 5.43. The number of carbonyl (C=O) groups excluding carboxylic acids is 1. The van der Waals surface area contributed by atoms with Crippen LogP contribution in [0.25, 0.3) is 0 Å². The van der Waals surface area contributed by atoms with Gasteiger partial charge in [0.25, 0.3) is 0 Å². The van der Waals surface area contributed by atoms with E-state index in [1.807, 2.05) is 26.8 Å². The van der Waals surface area contributed by atoms with Gasteiger partial charge in [-0.25, -0.2) is 4.79 Å². The summed E-state index contributed by atoms with van der Waals surface area (Å²) in [6.07, 6.45) is 0.480. The molecule has 1 aromatic rings. The van der Waals surface area contributed by atoms with E-state index < -0.39 is 5.60 Å². The van der Waals surface area contributed by atoms with Gasteiger partial charge in [0.15, 0.2) is 17.5 Å². The molecular weight excluding hydrogens is 523 g/mol. The number of nitrogens with one attached hydrogen (secondary N) is 2. The second-order valence-corrected chi connectivity index (χ2v) is 9.72. The average Bonchev–Trinajstić information content (AvgIpc) is 3.14. The number of nitrogens with zero attached hydrogens (tertiary/aromatic N) is 2. The minimum Gasteiger partial charge on any atom is -0.486 e. The van der Waals surface area contributed by atoms with Crippen molar-refractivity contribution in [2.24, 2.45) is 4.99 Å². The van der Waals surface area contributed by atoms with Crippen molar-refractivity contribution < 1.29 is 19.0 Å². The number of guanidine groups is 1. The minimum atomic E-state index is -0.501. The van der Waals surface area contributed by atoms with Crippen molar-refractivity contribution in [3.63, 3.8) is 0 Å². The Morgan fingerprint density at radius 2 is 1.88 bits per heavy atom. The van der Waals surface area contributed by atoms with Crippen molar-refractivity contribution in [2.75, 3.05) is 39.9 Å². The van der Waals surface area contributed by atoms with E-state index in [9.17, 15) is 4.79 Å². The van der Waals surface area contributed by atoms with Crippen LogP contribution in [0.15, 0.2) is 23.2 Å². The number of aliphatic imine (C=N–C) groups is 1. The van der Waals surface area contributed by atoms with E-state index in [4.69, 9.17) is 14.2 Å². The molecule has 2 heterocycles. The van der Waals surface area contributed by atoms with Crippen LogP contribution in [-0.4, -0.2) is 68.5 Å². The summed E-state index contributed by atoms with van der Waals surface area (Å²) in [7, 11) is 1.79. The van der Waals surface area contributed by atoms with Crippen LogP contribution in [0.4, 0.5) is 4.79 Å². The van der Waals surface area contributed by atoms with Gasteiger partial charge in [0.05, 0.1) is 6.04 Å². The summed E-state index contributed by atoms with van der Waals surface area (Å²) in [5.41, 5.74) is 0.532. The summed E-state index contributed by atoms with van der Waals surface area (Å²) < 4.78 is 16.7. The van der Waals surface area contributed by atoms with Crippen molar-refractivity contribution in [1.29, 1.82) is 0 Å². The molecule has 32 heavy (non-hydrogen) atoms. The third-order valence-corrected chi connectivity index (χ3v) is 5.43. The Balaban J connectivity index is 0.00000363. The van der Waals surface area contributed by atoms with Crippen LogP contribution in [0.5, 0.6) is 11.5 Å². The van der Waals surface area contributed by atoms with Gasteiger partial charge < -0.3 is 29.7 Å². The fourth-order valence-corrected chi connectivity index (χ4v) is 3.74. The molecule has 8 nitrogen and oxygen atoms in total. The molecule has 0 bridgehead atoms. The Kier molecular flexibility index (Phi) is 8.90. The summed E-state index contributed by atoms with van der Waals surface area (Å²) in [6.45, 7) is 13.4. The number of amides is 1. The number of fused-ring (bicyclic) bond motifs is 1. The zero-order chi connectivity index (χ0) is 22.6. The average molecular weight is 560 g/mol. The van der Waals surface area contributed by atoms with Crippen LogP contribution < -0.4 is 20.1 Å². The van der Waals surface area contributed by atoms with Gasteiger partial charge in [-0.15, -0.1) is 24.0 Å². The normalized spacial score (nSPS) is 18.6. The SMILES string of the molecule is CN=C(NCC(C)(C)c1ccc2c(c1)OCCO2)N1CCC(NC(=O)OC(C)(C)C)C1.I. The summed E-state index contributed by atoms with van der Waals surface area (Å²) >= 11 is 0. The van der Waals surface area contributed by atoms with E-state index in [-0.39, 0.29) is 41.5 Å². The van der Waals surface area contributed by atoms with Gasteiger partial charge in [0, 0.05) is 32.1 Å². The summed E-state index contributed by atoms with van der Waals surface area (Å²) in [5.74, 6) is 2.44. The molecule has 1 amide bonds. The molecule has 0 aromatic heterocycles. The number of benzene rings is 1. The molecule has 0 radical (unpaired) electrons. The maximum Gasteiger partial charge on any atom is 0.407 e. The zero-order valence-electron chi connectivity index (χ0n) is 20.0. The lowest BCUT2D eigenvalue weighted by molar-refractivity contribution is 0.0507. The van der Waals surface area contributed by atoms with Crippen LogP contribution in [0.1, 0.15) is 46.6 Å². The molecule has 1 aromatic carbocycles. The van der Waals surface area contributed by atoms with Crippen LogP contribution in [-0.2, 0) is 10.2 Å². The third kappa shape index (κ3) is 7.05. The van der Waals surface area contributed by atoms with E-state index in [0.717, 1.165) is 30.4 Å². The van der Waals surface area contributed by atoms with E-state index in [2.05, 4.69) is 46.5 Å². The van der Waals surface area contributed by atoms with Crippen molar-refractivity contribution in [3.05, 3.63) is 23.8 Å². The van der Waals surface area contributed by atoms with E-state index in [0.29, 0.717) is 26.3 Å². The number of ether oxygens (including phenoxy) is 3. The van der Waals surface area contributed by atoms with Crippen molar-refractivity contribution >= 4 is 36.0 Å². The summed E-state index contributed by atoms with van der Waals surface area (Å²) in [6, 6.07) is 6.18. The molecule has 0 spiro atoms. The van der Waals surface area contributed by atoms with Gasteiger partial charge >= 0.3 is 6.09 Å². The Morgan fingerprint density at radius 1 is 1.19 bits per heavy atom. The molecule has 1 atom stereocenters. The predicted octanol–water partition coefficient (Wildman–Crippen LogP) is 3.53. The second-order valence-electron chi connectivity index (χ2n) is 9.72. The predicted molar refractivity (Wildman–Crippen MR) is 137 cm³/mol. The highest BCUT2D eigenvalue weighted by atomic mass is 127. The van der Waals surface area contributed by atoms with Crippen molar-refractivity contribution in [1.82, 2.24) is 15.5 Å². The lowest BCUT2D eigenvalue weighted by Crippen LogP contribution is -2.46. The molecule has 9 heteroatoms.